The van der Waals surface area contributed by atoms with Crippen molar-refractivity contribution in [2.75, 3.05) is 0 Å². The van der Waals surface area contributed by atoms with E-state index < -0.39 is 0 Å². The van der Waals surface area contributed by atoms with Crippen molar-refractivity contribution in [3.05, 3.63) is 46.8 Å². The van der Waals surface area contributed by atoms with Gasteiger partial charge in [-0.3, -0.25) is 0 Å². The first-order valence-corrected chi connectivity index (χ1v) is 5.42. The quantitative estimate of drug-likeness (QED) is 0.730. The summed E-state index contributed by atoms with van der Waals surface area (Å²) in [7, 11) is 0. The van der Waals surface area contributed by atoms with Gasteiger partial charge in [-0.05, 0) is 30.5 Å². The summed E-state index contributed by atoms with van der Waals surface area (Å²) in [5.74, 6) is -0.0910. The van der Waals surface area contributed by atoms with Crippen molar-refractivity contribution in [1.82, 2.24) is 0 Å². The molecule has 0 radical (unpaired) electrons. The van der Waals surface area contributed by atoms with Gasteiger partial charge in [0.15, 0.2) is 0 Å². The van der Waals surface area contributed by atoms with Gasteiger partial charge < -0.3 is 5.73 Å². The molecule has 0 heterocycles. The molecule has 0 aromatic heterocycles. The number of nitrogens with two attached hydrogens (primary N) is 1. The van der Waals surface area contributed by atoms with Crippen LogP contribution >= 0.6 is 11.6 Å². The Hall–Kier alpha value is -0.860. The topological polar surface area (TPSA) is 26.0 Å². The van der Waals surface area contributed by atoms with Gasteiger partial charge in [-0.2, -0.15) is 0 Å². The zero-order chi connectivity index (χ0) is 10.8. The van der Waals surface area contributed by atoms with Crippen molar-refractivity contribution in [1.29, 1.82) is 0 Å². The van der Waals surface area contributed by atoms with E-state index in [2.05, 4.69) is 12.2 Å². The highest BCUT2D eigenvalue weighted by Crippen LogP contribution is 2.33. The first kappa shape index (κ1) is 10.7. The molecule has 1 nitrogen and oxygen atoms in total. The molecule has 1 aliphatic rings. The van der Waals surface area contributed by atoms with Crippen LogP contribution in [0, 0.1) is 5.82 Å². The van der Waals surface area contributed by atoms with Crippen LogP contribution in [0.15, 0.2) is 30.4 Å². The highest BCUT2D eigenvalue weighted by Gasteiger charge is 2.22. The largest absolute Gasteiger partial charge is 0.327 e. The minimum atomic E-state index is -0.302. The molecular weight excluding hydrogens is 213 g/mol. The number of rotatable bonds is 1. The van der Waals surface area contributed by atoms with Gasteiger partial charge in [0.2, 0.25) is 0 Å². The van der Waals surface area contributed by atoms with Gasteiger partial charge in [-0.25, -0.2) is 4.39 Å². The van der Waals surface area contributed by atoms with Crippen molar-refractivity contribution in [3.63, 3.8) is 0 Å². The predicted octanol–water partition coefficient (Wildman–Crippen LogP) is 3.24. The van der Waals surface area contributed by atoms with Crippen LogP contribution in [0.2, 0.25) is 5.02 Å². The molecule has 0 saturated carbocycles. The van der Waals surface area contributed by atoms with Gasteiger partial charge in [-0.15, -0.1) is 0 Å². The van der Waals surface area contributed by atoms with Crippen molar-refractivity contribution >= 4 is 11.6 Å². The molecule has 0 fully saturated rings. The Bertz CT molecular complexity index is 389. The zero-order valence-electron chi connectivity index (χ0n) is 8.29. The number of allylic oxidation sites excluding steroid dienone is 1. The fourth-order valence-corrected chi connectivity index (χ4v) is 2.30. The van der Waals surface area contributed by atoms with E-state index in [1.165, 1.54) is 12.1 Å². The summed E-state index contributed by atoms with van der Waals surface area (Å²) in [6.45, 7) is 0. The Balaban J connectivity index is 2.32. The predicted molar refractivity (Wildman–Crippen MR) is 60.5 cm³/mol. The average Bonchev–Trinajstić information content (AvgIpc) is 2.20. The maximum absolute atomic E-state index is 12.9. The van der Waals surface area contributed by atoms with Crippen molar-refractivity contribution in [3.8, 4) is 0 Å². The average molecular weight is 226 g/mol. The Labute approximate surface area is 93.7 Å². The van der Waals surface area contributed by atoms with Crippen LogP contribution in [0.1, 0.15) is 24.3 Å². The van der Waals surface area contributed by atoms with Crippen molar-refractivity contribution in [2.24, 2.45) is 5.73 Å². The summed E-state index contributed by atoms with van der Waals surface area (Å²) in [4.78, 5) is 0. The maximum Gasteiger partial charge on any atom is 0.124 e. The lowest BCUT2D eigenvalue weighted by atomic mass is 9.84. The second-order valence-corrected chi connectivity index (χ2v) is 4.29. The molecule has 2 rings (SSSR count). The molecule has 15 heavy (non-hydrogen) atoms. The third-order valence-corrected chi connectivity index (χ3v) is 3.17. The lowest BCUT2D eigenvalue weighted by molar-refractivity contribution is 0.520. The van der Waals surface area contributed by atoms with Crippen LogP contribution in [0.25, 0.3) is 0 Å². The maximum atomic E-state index is 12.9. The van der Waals surface area contributed by atoms with Gasteiger partial charge in [0, 0.05) is 17.0 Å². The van der Waals surface area contributed by atoms with Gasteiger partial charge in [0.1, 0.15) is 5.82 Å². The van der Waals surface area contributed by atoms with E-state index in [4.69, 9.17) is 17.3 Å². The highest BCUT2D eigenvalue weighted by atomic mass is 35.5. The molecule has 1 aliphatic carbocycles. The molecule has 3 heteroatoms. The summed E-state index contributed by atoms with van der Waals surface area (Å²) in [5.41, 5.74) is 6.97. The molecular formula is C12H13ClFN. The minimum Gasteiger partial charge on any atom is -0.327 e. The molecule has 2 atom stereocenters. The standard InChI is InChI=1S/C12H13ClFN/c13-11-7-8(14)5-6-9(11)10-3-1-2-4-12(10)15/h1-2,5-7,10,12H,3-4,15H2. The molecule has 0 saturated heterocycles. The SMILES string of the molecule is NC1CC=CCC1c1ccc(F)cc1Cl. The first-order chi connectivity index (χ1) is 7.18. The first-order valence-electron chi connectivity index (χ1n) is 5.04. The van der Waals surface area contributed by atoms with Gasteiger partial charge in [0.05, 0.1) is 0 Å². The molecule has 1 aromatic rings. The third kappa shape index (κ3) is 2.21. The Morgan fingerprint density at radius 3 is 2.67 bits per heavy atom. The van der Waals surface area contributed by atoms with Crippen LogP contribution in [-0.4, -0.2) is 6.04 Å². The van der Waals surface area contributed by atoms with Crippen LogP contribution < -0.4 is 5.73 Å². The van der Waals surface area contributed by atoms with Crippen LogP contribution in [0.4, 0.5) is 4.39 Å². The smallest absolute Gasteiger partial charge is 0.124 e. The van der Waals surface area contributed by atoms with Gasteiger partial charge >= 0.3 is 0 Å². The molecule has 0 amide bonds. The molecule has 2 N–H and O–H groups in total. The lowest BCUT2D eigenvalue weighted by Crippen LogP contribution is -2.29. The number of hydrogen-bond donors (Lipinski definition) is 1. The number of benzene rings is 1. The number of hydrogen-bond acceptors (Lipinski definition) is 1. The van der Waals surface area contributed by atoms with E-state index in [1.54, 1.807) is 6.07 Å². The van der Waals surface area contributed by atoms with Crippen molar-refractivity contribution < 1.29 is 4.39 Å². The molecule has 1 aromatic carbocycles. The fraction of sp³-hybridized carbons (Fsp3) is 0.333. The summed E-state index contributed by atoms with van der Waals surface area (Å²) < 4.78 is 12.9. The molecule has 0 aliphatic heterocycles. The molecule has 2 unspecified atom stereocenters. The van der Waals surface area contributed by atoms with E-state index in [-0.39, 0.29) is 17.8 Å². The van der Waals surface area contributed by atoms with E-state index in [0.29, 0.717) is 5.02 Å². The monoisotopic (exact) mass is 225 g/mol. The van der Waals surface area contributed by atoms with Crippen molar-refractivity contribution in [2.45, 2.75) is 24.8 Å². The number of halogens is 2. The second-order valence-electron chi connectivity index (χ2n) is 3.88. The van der Waals surface area contributed by atoms with Crippen LogP contribution in [-0.2, 0) is 0 Å². The molecule has 0 spiro atoms. The summed E-state index contributed by atoms with van der Waals surface area (Å²) in [6.07, 6.45) is 5.93. The lowest BCUT2D eigenvalue weighted by Gasteiger charge is -2.26. The van der Waals surface area contributed by atoms with Gasteiger partial charge in [-0.1, -0.05) is 29.8 Å². The molecule has 0 bridgehead atoms. The Morgan fingerprint density at radius 1 is 1.27 bits per heavy atom. The zero-order valence-corrected chi connectivity index (χ0v) is 9.04. The minimum absolute atomic E-state index is 0.0814. The molecule has 80 valence electrons. The van der Waals surface area contributed by atoms with E-state index in [1.807, 2.05) is 0 Å². The van der Waals surface area contributed by atoms with Crippen LogP contribution in [0.5, 0.6) is 0 Å². The Morgan fingerprint density at radius 2 is 2.00 bits per heavy atom. The highest BCUT2D eigenvalue weighted by molar-refractivity contribution is 6.31. The fourth-order valence-electron chi connectivity index (χ4n) is 2.00. The Kier molecular flexibility index (Phi) is 3.08. The van der Waals surface area contributed by atoms with Crippen LogP contribution in [0.3, 0.4) is 0 Å². The second kappa shape index (κ2) is 4.33. The van der Waals surface area contributed by atoms with E-state index in [9.17, 15) is 4.39 Å². The van der Waals surface area contributed by atoms with E-state index >= 15 is 0 Å². The summed E-state index contributed by atoms with van der Waals surface area (Å²) in [5, 5.41) is 0.478. The summed E-state index contributed by atoms with van der Waals surface area (Å²) in [6, 6.07) is 4.60. The van der Waals surface area contributed by atoms with E-state index in [0.717, 1.165) is 18.4 Å². The normalized spacial score (nSPS) is 25.5. The third-order valence-electron chi connectivity index (χ3n) is 2.84. The summed E-state index contributed by atoms with van der Waals surface area (Å²) >= 11 is 6.01. The van der Waals surface area contributed by atoms with Gasteiger partial charge in [0.25, 0.3) is 0 Å².